The minimum atomic E-state index is -0.756. The Hall–Kier alpha value is -2.94. The van der Waals surface area contributed by atoms with Crippen LogP contribution >= 0.6 is 0 Å². The van der Waals surface area contributed by atoms with Crippen LogP contribution in [0.25, 0.3) is 0 Å². The number of carbonyl (C=O) groups excluding carboxylic acids is 2. The van der Waals surface area contributed by atoms with Gasteiger partial charge in [-0.3, -0.25) is 14.9 Å². The van der Waals surface area contributed by atoms with Gasteiger partial charge in [0.2, 0.25) is 5.88 Å². The number of halogens is 1. The Kier molecular flexibility index (Phi) is 3.85. The van der Waals surface area contributed by atoms with Crippen molar-refractivity contribution in [3.05, 3.63) is 52.5 Å². The molecular formula is C15H11FN2O3. The van der Waals surface area contributed by atoms with Crippen molar-refractivity contribution in [3.8, 4) is 6.07 Å². The summed E-state index contributed by atoms with van der Waals surface area (Å²) in [7, 11) is 0. The number of hydrogen-bond donors (Lipinski definition) is 1. The summed E-state index contributed by atoms with van der Waals surface area (Å²) in [6.07, 6.45) is 0. The topological polar surface area (TPSA) is 83.1 Å². The zero-order valence-corrected chi connectivity index (χ0v) is 11.4. The number of aryl methyl sites for hydroxylation is 1. The lowest BCUT2D eigenvalue weighted by Crippen LogP contribution is -2.14. The molecule has 0 unspecified atom stereocenters. The largest absolute Gasteiger partial charge is 0.443 e. The third kappa shape index (κ3) is 2.67. The second-order valence-electron chi connectivity index (χ2n) is 4.34. The molecule has 1 heterocycles. The van der Waals surface area contributed by atoms with Crippen molar-refractivity contribution in [1.29, 1.82) is 5.26 Å². The first-order valence-electron chi connectivity index (χ1n) is 6.06. The highest BCUT2D eigenvalue weighted by atomic mass is 19.1. The molecule has 0 saturated heterocycles. The minimum absolute atomic E-state index is 0.0651. The van der Waals surface area contributed by atoms with Crippen molar-refractivity contribution in [2.24, 2.45) is 0 Å². The van der Waals surface area contributed by atoms with Gasteiger partial charge in [-0.1, -0.05) is 12.1 Å². The third-order valence-corrected chi connectivity index (χ3v) is 2.89. The monoisotopic (exact) mass is 286 g/mol. The SMILES string of the molecule is CC(=O)c1c(C)oc(NC(=O)c2ccccc2F)c1C#N. The van der Waals surface area contributed by atoms with Crippen LogP contribution in [0.1, 0.15) is 39.0 Å². The number of Topliss-reactive ketones (excluding diaryl/α,β-unsaturated/α-hetero) is 1. The van der Waals surface area contributed by atoms with Crippen molar-refractivity contribution in [3.63, 3.8) is 0 Å². The molecule has 5 nitrogen and oxygen atoms in total. The summed E-state index contributed by atoms with van der Waals surface area (Å²) in [6, 6.07) is 7.23. The Morgan fingerprint density at radius 3 is 2.57 bits per heavy atom. The molecule has 1 amide bonds. The number of nitriles is 1. The van der Waals surface area contributed by atoms with Gasteiger partial charge in [-0.2, -0.15) is 5.26 Å². The molecule has 2 aromatic rings. The molecule has 0 aliphatic carbocycles. The van der Waals surface area contributed by atoms with E-state index in [2.05, 4.69) is 5.32 Å². The van der Waals surface area contributed by atoms with Crippen LogP contribution in [0, 0.1) is 24.1 Å². The van der Waals surface area contributed by atoms with Crippen molar-refractivity contribution >= 4 is 17.6 Å². The van der Waals surface area contributed by atoms with E-state index in [-0.39, 0.29) is 34.1 Å². The van der Waals surface area contributed by atoms with Gasteiger partial charge in [-0.25, -0.2) is 4.39 Å². The molecule has 2 rings (SSSR count). The number of ketones is 1. The van der Waals surface area contributed by atoms with Gasteiger partial charge in [-0.15, -0.1) is 0 Å². The molecular weight excluding hydrogens is 275 g/mol. The number of nitrogens with one attached hydrogen (secondary N) is 1. The average molecular weight is 286 g/mol. The fourth-order valence-corrected chi connectivity index (χ4v) is 1.98. The summed E-state index contributed by atoms with van der Waals surface area (Å²) in [4.78, 5) is 23.5. The summed E-state index contributed by atoms with van der Waals surface area (Å²) in [5.74, 6) is -1.73. The van der Waals surface area contributed by atoms with E-state index in [0.717, 1.165) is 6.07 Å². The molecule has 0 fully saturated rings. The minimum Gasteiger partial charge on any atom is -0.443 e. The molecule has 0 saturated carbocycles. The number of benzene rings is 1. The molecule has 0 bridgehead atoms. The number of anilines is 1. The highest BCUT2D eigenvalue weighted by Crippen LogP contribution is 2.27. The molecule has 0 spiro atoms. The van der Waals surface area contributed by atoms with E-state index in [1.54, 1.807) is 0 Å². The standard InChI is InChI=1S/C15H11FN2O3/c1-8(19)13-9(2)21-15(11(13)7-17)18-14(20)10-5-3-4-6-12(10)16/h3-6H,1-2H3,(H,18,20). The lowest BCUT2D eigenvalue weighted by molar-refractivity contribution is 0.101. The summed E-state index contributed by atoms with van der Waals surface area (Å²) in [6.45, 7) is 2.80. The van der Waals surface area contributed by atoms with Crippen molar-refractivity contribution in [2.45, 2.75) is 13.8 Å². The van der Waals surface area contributed by atoms with Crippen LogP contribution in [-0.2, 0) is 0 Å². The Labute approximate surface area is 120 Å². The molecule has 0 aliphatic heterocycles. The number of furan rings is 1. The lowest BCUT2D eigenvalue weighted by Gasteiger charge is -2.03. The summed E-state index contributed by atoms with van der Waals surface area (Å²) >= 11 is 0. The van der Waals surface area contributed by atoms with Crippen LogP contribution in [0.5, 0.6) is 0 Å². The van der Waals surface area contributed by atoms with E-state index in [4.69, 9.17) is 9.68 Å². The zero-order valence-electron chi connectivity index (χ0n) is 11.4. The van der Waals surface area contributed by atoms with Crippen LogP contribution in [-0.4, -0.2) is 11.7 Å². The first-order valence-corrected chi connectivity index (χ1v) is 6.06. The Morgan fingerprint density at radius 2 is 2.00 bits per heavy atom. The maximum Gasteiger partial charge on any atom is 0.260 e. The fourth-order valence-electron chi connectivity index (χ4n) is 1.98. The van der Waals surface area contributed by atoms with Crippen LogP contribution < -0.4 is 5.32 Å². The van der Waals surface area contributed by atoms with Crippen LogP contribution in [0.4, 0.5) is 10.3 Å². The number of nitrogens with zero attached hydrogens (tertiary/aromatic N) is 1. The van der Waals surface area contributed by atoms with Gasteiger partial charge < -0.3 is 4.42 Å². The van der Waals surface area contributed by atoms with Crippen molar-refractivity contribution in [1.82, 2.24) is 0 Å². The lowest BCUT2D eigenvalue weighted by atomic mass is 10.1. The number of rotatable bonds is 3. The highest BCUT2D eigenvalue weighted by Gasteiger charge is 2.23. The van der Waals surface area contributed by atoms with E-state index in [0.29, 0.717) is 0 Å². The Bertz CT molecular complexity index is 772. The molecule has 0 aliphatic rings. The van der Waals surface area contributed by atoms with Crippen molar-refractivity contribution in [2.75, 3.05) is 5.32 Å². The third-order valence-electron chi connectivity index (χ3n) is 2.89. The van der Waals surface area contributed by atoms with E-state index >= 15 is 0 Å². The zero-order chi connectivity index (χ0) is 15.6. The quantitative estimate of drug-likeness (QED) is 0.879. The molecule has 1 aromatic carbocycles. The molecule has 6 heteroatoms. The Balaban J connectivity index is 2.40. The van der Waals surface area contributed by atoms with Gasteiger partial charge >= 0.3 is 0 Å². The van der Waals surface area contributed by atoms with Gasteiger partial charge in [0.25, 0.3) is 5.91 Å². The predicted octanol–water partition coefficient (Wildman–Crippen LogP) is 3.05. The van der Waals surface area contributed by atoms with Gasteiger partial charge in [0.1, 0.15) is 23.2 Å². The van der Waals surface area contributed by atoms with E-state index in [1.807, 2.05) is 6.07 Å². The second-order valence-corrected chi connectivity index (χ2v) is 4.34. The average Bonchev–Trinajstić information content (AvgIpc) is 2.74. The van der Waals surface area contributed by atoms with Crippen LogP contribution in [0.2, 0.25) is 0 Å². The number of carbonyl (C=O) groups is 2. The number of hydrogen-bond acceptors (Lipinski definition) is 4. The fraction of sp³-hybridized carbons (Fsp3) is 0.133. The van der Waals surface area contributed by atoms with Crippen LogP contribution in [0.15, 0.2) is 28.7 Å². The van der Waals surface area contributed by atoms with Crippen molar-refractivity contribution < 1.29 is 18.4 Å². The van der Waals surface area contributed by atoms with Gasteiger partial charge in [0.15, 0.2) is 5.78 Å². The molecule has 1 aromatic heterocycles. The maximum atomic E-state index is 13.5. The second kappa shape index (κ2) is 5.59. The van der Waals surface area contributed by atoms with E-state index < -0.39 is 11.7 Å². The summed E-state index contributed by atoms with van der Waals surface area (Å²) in [5, 5.41) is 11.4. The van der Waals surface area contributed by atoms with Gasteiger partial charge in [0.05, 0.1) is 11.1 Å². The van der Waals surface area contributed by atoms with Gasteiger partial charge in [0, 0.05) is 0 Å². The number of amides is 1. The van der Waals surface area contributed by atoms with E-state index in [9.17, 15) is 14.0 Å². The summed E-state index contributed by atoms with van der Waals surface area (Å²) < 4.78 is 18.8. The first-order chi connectivity index (χ1) is 9.95. The smallest absolute Gasteiger partial charge is 0.260 e. The normalized spacial score (nSPS) is 10.0. The summed E-state index contributed by atoms with van der Waals surface area (Å²) in [5.41, 5.74) is -0.133. The molecule has 1 N–H and O–H groups in total. The molecule has 0 atom stereocenters. The van der Waals surface area contributed by atoms with Gasteiger partial charge in [-0.05, 0) is 26.0 Å². The molecule has 106 valence electrons. The first kappa shape index (κ1) is 14.5. The predicted molar refractivity (Wildman–Crippen MR) is 72.5 cm³/mol. The van der Waals surface area contributed by atoms with E-state index in [1.165, 1.54) is 32.0 Å². The maximum absolute atomic E-state index is 13.5. The highest BCUT2D eigenvalue weighted by molar-refractivity contribution is 6.06. The molecule has 0 radical (unpaired) electrons. The Morgan fingerprint density at radius 1 is 1.33 bits per heavy atom. The van der Waals surface area contributed by atoms with Crippen LogP contribution in [0.3, 0.4) is 0 Å². The molecule has 21 heavy (non-hydrogen) atoms.